The van der Waals surface area contributed by atoms with Gasteiger partial charge in [-0.3, -0.25) is 9.78 Å². The molecule has 7 nitrogen and oxygen atoms in total. The van der Waals surface area contributed by atoms with Crippen molar-refractivity contribution in [1.29, 1.82) is 0 Å². The van der Waals surface area contributed by atoms with Gasteiger partial charge in [-0.25, -0.2) is 9.78 Å². The number of nitrogens with one attached hydrogen (secondary N) is 2. The molecule has 1 aromatic carbocycles. The molecular weight excluding hydrogens is 368 g/mol. The molecule has 2 N–H and O–H groups in total. The van der Waals surface area contributed by atoms with E-state index in [4.69, 9.17) is 0 Å². The number of ether oxygens (including phenoxy) is 1. The Kier molecular flexibility index (Phi) is 8.33. The van der Waals surface area contributed by atoms with Gasteiger partial charge in [-0.2, -0.15) is 0 Å². The van der Waals surface area contributed by atoms with Crippen LogP contribution in [0.4, 0.5) is 5.82 Å². The number of rotatable bonds is 9. The molecule has 7 heteroatoms. The normalized spacial score (nSPS) is 13.1. The molecule has 0 aliphatic carbocycles. The summed E-state index contributed by atoms with van der Waals surface area (Å²) >= 11 is 0. The van der Waals surface area contributed by atoms with Gasteiger partial charge < -0.3 is 15.4 Å². The highest BCUT2D eigenvalue weighted by Gasteiger charge is 2.22. The van der Waals surface area contributed by atoms with E-state index < -0.39 is 12.0 Å². The Labute approximate surface area is 171 Å². The lowest BCUT2D eigenvalue weighted by molar-refractivity contribution is -0.134. The summed E-state index contributed by atoms with van der Waals surface area (Å²) in [6, 6.07) is 9.29. The Balaban J connectivity index is 2.05. The number of benzene rings is 1. The summed E-state index contributed by atoms with van der Waals surface area (Å²) in [6.45, 7) is 6.09. The minimum absolute atomic E-state index is 0.0912. The molecule has 0 fully saturated rings. The number of hydrogen-bond acceptors (Lipinski definition) is 6. The lowest BCUT2D eigenvalue weighted by Gasteiger charge is -2.23. The number of methoxy groups -OCH3 is 1. The zero-order valence-corrected chi connectivity index (χ0v) is 17.3. The highest BCUT2D eigenvalue weighted by Crippen LogP contribution is 2.15. The summed E-state index contributed by atoms with van der Waals surface area (Å²) < 4.78 is 4.54. The molecular formula is C22H28N4O3. The smallest absolute Gasteiger partial charge is 0.330 e. The van der Waals surface area contributed by atoms with E-state index in [9.17, 15) is 9.59 Å². The van der Waals surface area contributed by atoms with Gasteiger partial charge in [0.1, 0.15) is 11.9 Å². The van der Waals surface area contributed by atoms with E-state index >= 15 is 0 Å². The summed E-state index contributed by atoms with van der Waals surface area (Å²) in [5, 5.41) is 6.23. The predicted octanol–water partition coefficient (Wildman–Crippen LogP) is 3.37. The van der Waals surface area contributed by atoms with Crippen LogP contribution < -0.4 is 10.6 Å². The largest absolute Gasteiger partial charge is 0.466 e. The standard InChI is InChI=1S/C22H28N4O3/c1-15(2)12-19(22(28)25-16(3)17-8-6-5-7-9-17)26-20-14-23-18(13-24-20)10-11-21(27)29-4/h5-11,13-16,19H,12H2,1-4H3,(H,24,26)(H,25,28)/t16-,19+/m0/s1. The maximum atomic E-state index is 12.9. The first-order valence-electron chi connectivity index (χ1n) is 9.59. The predicted molar refractivity (Wildman–Crippen MR) is 113 cm³/mol. The second-order valence-corrected chi connectivity index (χ2v) is 7.15. The quantitative estimate of drug-likeness (QED) is 0.499. The third-order valence-electron chi connectivity index (χ3n) is 4.27. The molecule has 154 valence electrons. The van der Waals surface area contributed by atoms with Crippen LogP contribution in [-0.4, -0.2) is 35.0 Å². The molecule has 0 aliphatic heterocycles. The summed E-state index contributed by atoms with van der Waals surface area (Å²) in [4.78, 5) is 32.5. The summed E-state index contributed by atoms with van der Waals surface area (Å²) in [7, 11) is 1.31. The molecule has 0 bridgehead atoms. The van der Waals surface area contributed by atoms with Gasteiger partial charge in [0.2, 0.25) is 5.91 Å². The number of amides is 1. The Morgan fingerprint density at radius 2 is 1.83 bits per heavy atom. The highest BCUT2D eigenvalue weighted by molar-refractivity contribution is 5.86. The van der Waals surface area contributed by atoms with Crippen molar-refractivity contribution in [2.45, 2.75) is 39.3 Å². The third-order valence-corrected chi connectivity index (χ3v) is 4.27. The van der Waals surface area contributed by atoms with Gasteiger partial charge in [-0.1, -0.05) is 44.2 Å². The number of carbonyl (C=O) groups is 2. The second kappa shape index (κ2) is 10.9. The minimum Gasteiger partial charge on any atom is -0.466 e. The van der Waals surface area contributed by atoms with Gasteiger partial charge in [-0.05, 0) is 30.9 Å². The number of nitrogens with zero attached hydrogens (tertiary/aromatic N) is 2. The number of aromatic nitrogens is 2. The van der Waals surface area contributed by atoms with E-state index in [0.29, 0.717) is 23.9 Å². The molecule has 2 aromatic rings. The maximum Gasteiger partial charge on any atom is 0.330 e. The topological polar surface area (TPSA) is 93.2 Å². The highest BCUT2D eigenvalue weighted by atomic mass is 16.5. The zero-order valence-electron chi connectivity index (χ0n) is 17.3. The van der Waals surface area contributed by atoms with Crippen molar-refractivity contribution >= 4 is 23.8 Å². The first-order chi connectivity index (χ1) is 13.9. The molecule has 0 saturated carbocycles. The van der Waals surface area contributed by atoms with E-state index in [1.54, 1.807) is 0 Å². The number of carbonyl (C=O) groups excluding carboxylic acids is 2. The molecule has 1 heterocycles. The Morgan fingerprint density at radius 1 is 1.10 bits per heavy atom. The molecule has 2 atom stereocenters. The summed E-state index contributed by atoms with van der Waals surface area (Å²) in [5.41, 5.74) is 1.56. The Bertz CT molecular complexity index is 820. The monoisotopic (exact) mass is 396 g/mol. The molecule has 2 rings (SSSR count). The van der Waals surface area contributed by atoms with Crippen molar-refractivity contribution < 1.29 is 14.3 Å². The van der Waals surface area contributed by atoms with Crippen LogP contribution in [0.15, 0.2) is 48.8 Å². The summed E-state index contributed by atoms with van der Waals surface area (Å²) in [5.74, 6) is 0.260. The van der Waals surface area contributed by atoms with E-state index in [2.05, 4.69) is 39.2 Å². The van der Waals surface area contributed by atoms with Gasteiger partial charge >= 0.3 is 5.97 Å². The maximum absolute atomic E-state index is 12.9. The molecule has 0 saturated heterocycles. The number of esters is 1. The van der Waals surface area contributed by atoms with Crippen LogP contribution in [0.3, 0.4) is 0 Å². The first-order valence-corrected chi connectivity index (χ1v) is 9.59. The van der Waals surface area contributed by atoms with Gasteiger partial charge in [0.25, 0.3) is 0 Å². The Morgan fingerprint density at radius 3 is 2.41 bits per heavy atom. The molecule has 0 unspecified atom stereocenters. The van der Waals surface area contributed by atoms with Gasteiger partial charge in [0, 0.05) is 6.08 Å². The van der Waals surface area contributed by atoms with E-state index in [1.807, 2.05) is 37.3 Å². The van der Waals surface area contributed by atoms with Crippen LogP contribution in [0.1, 0.15) is 44.5 Å². The van der Waals surface area contributed by atoms with E-state index in [1.165, 1.54) is 31.7 Å². The van der Waals surface area contributed by atoms with Crippen LogP contribution in [0.25, 0.3) is 6.08 Å². The minimum atomic E-state index is -0.463. The molecule has 1 amide bonds. The summed E-state index contributed by atoms with van der Waals surface area (Å²) in [6.07, 6.45) is 6.51. The third kappa shape index (κ3) is 7.37. The van der Waals surface area contributed by atoms with Crippen molar-refractivity contribution in [3.63, 3.8) is 0 Å². The lowest BCUT2D eigenvalue weighted by Crippen LogP contribution is -2.41. The van der Waals surface area contributed by atoms with Gasteiger partial charge in [0.15, 0.2) is 0 Å². The zero-order chi connectivity index (χ0) is 21.2. The van der Waals surface area contributed by atoms with Crippen LogP contribution in [0, 0.1) is 5.92 Å². The number of anilines is 1. The van der Waals surface area contributed by atoms with Crippen LogP contribution in [-0.2, 0) is 14.3 Å². The van der Waals surface area contributed by atoms with Gasteiger partial charge in [0.05, 0.1) is 31.2 Å². The van der Waals surface area contributed by atoms with Crippen LogP contribution in [0.2, 0.25) is 0 Å². The van der Waals surface area contributed by atoms with E-state index in [-0.39, 0.29) is 11.9 Å². The van der Waals surface area contributed by atoms with Crippen molar-refractivity contribution in [2.75, 3.05) is 12.4 Å². The molecule has 0 radical (unpaired) electrons. The number of hydrogen-bond donors (Lipinski definition) is 2. The lowest BCUT2D eigenvalue weighted by atomic mass is 10.0. The SMILES string of the molecule is COC(=O)C=Cc1cnc(N[C@H](CC(C)C)C(=O)N[C@@H](C)c2ccccc2)cn1. The molecule has 0 aliphatic rings. The molecule has 29 heavy (non-hydrogen) atoms. The van der Waals surface area contributed by atoms with E-state index in [0.717, 1.165) is 5.56 Å². The average Bonchev–Trinajstić information content (AvgIpc) is 2.72. The van der Waals surface area contributed by atoms with Crippen molar-refractivity contribution in [1.82, 2.24) is 15.3 Å². The fraction of sp³-hybridized carbons (Fsp3) is 0.364. The Hall–Kier alpha value is -3.22. The van der Waals surface area contributed by atoms with Gasteiger partial charge in [-0.15, -0.1) is 0 Å². The fourth-order valence-electron chi connectivity index (χ4n) is 2.74. The van der Waals surface area contributed by atoms with Crippen molar-refractivity contribution in [3.8, 4) is 0 Å². The fourth-order valence-corrected chi connectivity index (χ4v) is 2.74. The molecule has 1 aromatic heterocycles. The molecule has 0 spiro atoms. The first kappa shape index (κ1) is 22.1. The average molecular weight is 396 g/mol. The van der Waals surface area contributed by atoms with Crippen molar-refractivity contribution in [3.05, 3.63) is 60.1 Å². The van der Waals surface area contributed by atoms with Crippen molar-refractivity contribution in [2.24, 2.45) is 5.92 Å². The van der Waals surface area contributed by atoms with Crippen LogP contribution in [0.5, 0.6) is 0 Å². The van der Waals surface area contributed by atoms with Crippen LogP contribution >= 0.6 is 0 Å². The second-order valence-electron chi connectivity index (χ2n) is 7.15.